The Morgan fingerprint density at radius 2 is 1.82 bits per heavy atom. The number of rotatable bonds is 3. The average molecular weight is 443 g/mol. The SMILES string of the molecule is Cc1ccc(N2C(=O)C(=O)/C(=C(/O)c3ccc4c(c3)CCO4)C2c2ccccc2F)cc1C. The molecule has 0 saturated carbocycles. The fraction of sp³-hybridized carbons (Fsp3) is 0.185. The number of carbonyl (C=O) groups is 2. The van der Waals surface area contributed by atoms with Crippen LogP contribution in [0.1, 0.15) is 33.9 Å². The lowest BCUT2D eigenvalue weighted by molar-refractivity contribution is -0.132. The number of ether oxygens (including phenoxy) is 1. The fourth-order valence-corrected chi connectivity index (χ4v) is 4.45. The number of carbonyl (C=O) groups excluding carboxylic acids is 2. The number of amides is 1. The van der Waals surface area contributed by atoms with E-state index in [4.69, 9.17) is 4.74 Å². The van der Waals surface area contributed by atoms with Crippen LogP contribution in [0.2, 0.25) is 0 Å². The molecule has 1 fully saturated rings. The van der Waals surface area contributed by atoms with Gasteiger partial charge in [-0.15, -0.1) is 0 Å². The predicted molar refractivity (Wildman–Crippen MR) is 123 cm³/mol. The summed E-state index contributed by atoms with van der Waals surface area (Å²) in [6, 6.07) is 15.4. The van der Waals surface area contributed by atoms with Crippen molar-refractivity contribution in [2.24, 2.45) is 0 Å². The van der Waals surface area contributed by atoms with E-state index < -0.39 is 23.5 Å². The second kappa shape index (κ2) is 7.89. The number of benzene rings is 3. The number of halogens is 1. The van der Waals surface area contributed by atoms with Crippen molar-refractivity contribution in [3.05, 3.63) is 99.9 Å². The average Bonchev–Trinajstić information content (AvgIpc) is 3.38. The van der Waals surface area contributed by atoms with Gasteiger partial charge < -0.3 is 9.84 Å². The van der Waals surface area contributed by atoms with Crippen molar-refractivity contribution in [1.29, 1.82) is 0 Å². The van der Waals surface area contributed by atoms with Crippen LogP contribution in [0.5, 0.6) is 5.75 Å². The van der Waals surface area contributed by atoms with E-state index in [-0.39, 0.29) is 16.9 Å². The van der Waals surface area contributed by atoms with E-state index in [2.05, 4.69) is 0 Å². The first kappa shape index (κ1) is 20.9. The Labute approximate surface area is 190 Å². The molecule has 1 atom stereocenters. The van der Waals surface area contributed by atoms with Crippen molar-refractivity contribution in [2.75, 3.05) is 11.5 Å². The molecule has 5 nitrogen and oxygen atoms in total. The minimum Gasteiger partial charge on any atom is -0.507 e. The molecule has 166 valence electrons. The summed E-state index contributed by atoms with van der Waals surface area (Å²) in [7, 11) is 0. The van der Waals surface area contributed by atoms with E-state index in [1.165, 1.54) is 17.0 Å². The van der Waals surface area contributed by atoms with E-state index in [0.717, 1.165) is 22.4 Å². The van der Waals surface area contributed by atoms with Gasteiger partial charge in [0, 0.05) is 23.2 Å². The van der Waals surface area contributed by atoms with Crippen LogP contribution in [0, 0.1) is 19.7 Å². The van der Waals surface area contributed by atoms with Crippen molar-refractivity contribution < 1.29 is 23.8 Å². The number of hydrogen-bond donors (Lipinski definition) is 1. The minimum absolute atomic E-state index is 0.137. The van der Waals surface area contributed by atoms with Crippen LogP contribution in [0.4, 0.5) is 10.1 Å². The molecule has 0 aromatic heterocycles. The number of aliphatic hydroxyl groups is 1. The maximum absolute atomic E-state index is 15.0. The van der Waals surface area contributed by atoms with Crippen molar-refractivity contribution >= 4 is 23.1 Å². The second-order valence-electron chi connectivity index (χ2n) is 8.38. The predicted octanol–water partition coefficient (Wildman–Crippen LogP) is 5.00. The Hall–Kier alpha value is -3.93. The van der Waals surface area contributed by atoms with Gasteiger partial charge in [0.1, 0.15) is 17.3 Å². The molecule has 0 radical (unpaired) electrons. The number of anilines is 1. The highest BCUT2D eigenvalue weighted by atomic mass is 19.1. The normalized spacial score (nSPS) is 19.0. The number of fused-ring (bicyclic) bond motifs is 1. The molecule has 0 aliphatic carbocycles. The Morgan fingerprint density at radius 1 is 1.03 bits per heavy atom. The van der Waals surface area contributed by atoms with Gasteiger partial charge in [-0.3, -0.25) is 14.5 Å². The van der Waals surface area contributed by atoms with Gasteiger partial charge in [-0.1, -0.05) is 24.3 Å². The lowest BCUT2D eigenvalue weighted by Crippen LogP contribution is -2.30. The zero-order valence-corrected chi connectivity index (χ0v) is 18.3. The van der Waals surface area contributed by atoms with Crippen LogP contribution in [-0.4, -0.2) is 23.4 Å². The van der Waals surface area contributed by atoms with Crippen molar-refractivity contribution in [3.8, 4) is 5.75 Å². The van der Waals surface area contributed by atoms with Gasteiger partial charge in [0.25, 0.3) is 11.7 Å². The van der Waals surface area contributed by atoms with Crippen LogP contribution < -0.4 is 9.64 Å². The molecule has 1 amide bonds. The summed E-state index contributed by atoms with van der Waals surface area (Å²) in [6.45, 7) is 4.39. The minimum atomic E-state index is -1.10. The van der Waals surface area contributed by atoms with Gasteiger partial charge in [-0.05, 0) is 66.9 Å². The molecule has 2 heterocycles. The van der Waals surface area contributed by atoms with Crippen LogP contribution in [0.3, 0.4) is 0 Å². The third-order valence-electron chi connectivity index (χ3n) is 6.38. The van der Waals surface area contributed by atoms with E-state index in [1.807, 2.05) is 19.9 Å². The van der Waals surface area contributed by atoms with Crippen molar-refractivity contribution in [1.82, 2.24) is 0 Å². The van der Waals surface area contributed by atoms with Gasteiger partial charge in [0.2, 0.25) is 0 Å². The molecule has 0 bridgehead atoms. The summed E-state index contributed by atoms with van der Waals surface area (Å²) < 4.78 is 20.5. The molecule has 1 saturated heterocycles. The summed E-state index contributed by atoms with van der Waals surface area (Å²) in [5.41, 5.74) is 3.72. The van der Waals surface area contributed by atoms with Crippen LogP contribution in [0.15, 0.2) is 66.2 Å². The van der Waals surface area contributed by atoms with E-state index in [0.29, 0.717) is 24.3 Å². The molecule has 2 aliphatic heterocycles. The Balaban J connectivity index is 1.73. The first-order valence-corrected chi connectivity index (χ1v) is 10.8. The van der Waals surface area contributed by atoms with E-state index >= 15 is 0 Å². The first-order chi connectivity index (χ1) is 15.9. The molecular formula is C27H22FNO4. The van der Waals surface area contributed by atoms with Crippen LogP contribution >= 0.6 is 0 Å². The zero-order chi connectivity index (χ0) is 23.3. The Bertz CT molecular complexity index is 1340. The first-order valence-electron chi connectivity index (χ1n) is 10.8. The van der Waals surface area contributed by atoms with E-state index in [1.54, 1.807) is 42.5 Å². The third-order valence-corrected chi connectivity index (χ3v) is 6.38. The maximum Gasteiger partial charge on any atom is 0.300 e. The van der Waals surface area contributed by atoms with Gasteiger partial charge in [-0.2, -0.15) is 0 Å². The summed E-state index contributed by atoms with van der Waals surface area (Å²) >= 11 is 0. The van der Waals surface area contributed by atoms with Gasteiger partial charge in [-0.25, -0.2) is 4.39 Å². The highest BCUT2D eigenvalue weighted by molar-refractivity contribution is 6.51. The molecule has 33 heavy (non-hydrogen) atoms. The fourth-order valence-electron chi connectivity index (χ4n) is 4.45. The highest BCUT2D eigenvalue weighted by Gasteiger charge is 2.47. The van der Waals surface area contributed by atoms with Crippen LogP contribution in [-0.2, 0) is 16.0 Å². The molecule has 1 unspecified atom stereocenters. The molecule has 5 rings (SSSR count). The Kier molecular flexibility index (Phi) is 5.01. The monoisotopic (exact) mass is 443 g/mol. The molecule has 1 N–H and O–H groups in total. The van der Waals surface area contributed by atoms with Gasteiger partial charge in [0.15, 0.2) is 0 Å². The number of Topliss-reactive ketones (excluding diaryl/α,β-unsaturated/α-hetero) is 1. The summed E-state index contributed by atoms with van der Waals surface area (Å²) in [4.78, 5) is 27.7. The van der Waals surface area contributed by atoms with Gasteiger partial charge >= 0.3 is 0 Å². The number of hydrogen-bond acceptors (Lipinski definition) is 4. The Morgan fingerprint density at radius 3 is 2.58 bits per heavy atom. The second-order valence-corrected chi connectivity index (χ2v) is 8.38. The summed E-state index contributed by atoms with van der Waals surface area (Å²) in [5, 5.41) is 11.2. The topological polar surface area (TPSA) is 66.8 Å². The third kappa shape index (κ3) is 3.39. The number of nitrogens with zero attached hydrogens (tertiary/aromatic N) is 1. The number of aliphatic hydroxyl groups excluding tert-OH is 1. The molecule has 6 heteroatoms. The highest BCUT2D eigenvalue weighted by Crippen LogP contribution is 2.43. The molecule has 2 aliphatic rings. The molecule has 3 aromatic carbocycles. The van der Waals surface area contributed by atoms with Crippen LogP contribution in [0.25, 0.3) is 5.76 Å². The smallest absolute Gasteiger partial charge is 0.300 e. The lowest BCUT2D eigenvalue weighted by Gasteiger charge is -2.26. The quantitative estimate of drug-likeness (QED) is 0.351. The standard InChI is InChI=1S/C27H22FNO4/c1-15-7-9-19(13-16(15)2)29-24(20-5-3-4-6-21(20)28)23(26(31)27(29)32)25(30)18-8-10-22-17(14-18)11-12-33-22/h3-10,13-14,24,30H,11-12H2,1-2H3/b25-23+. The maximum atomic E-state index is 15.0. The summed E-state index contributed by atoms with van der Waals surface area (Å²) in [6.07, 6.45) is 0.685. The lowest BCUT2D eigenvalue weighted by atomic mass is 9.94. The summed E-state index contributed by atoms with van der Waals surface area (Å²) in [5.74, 6) is -1.82. The number of aryl methyl sites for hydroxylation is 2. The van der Waals surface area contributed by atoms with E-state index in [9.17, 15) is 19.1 Å². The molecule has 3 aromatic rings. The zero-order valence-electron chi connectivity index (χ0n) is 18.3. The molecular weight excluding hydrogens is 421 g/mol. The van der Waals surface area contributed by atoms with Crippen molar-refractivity contribution in [2.45, 2.75) is 26.3 Å². The van der Waals surface area contributed by atoms with Crippen molar-refractivity contribution in [3.63, 3.8) is 0 Å². The number of ketones is 1. The van der Waals surface area contributed by atoms with Gasteiger partial charge in [0.05, 0.1) is 18.2 Å². The molecule has 0 spiro atoms. The largest absolute Gasteiger partial charge is 0.507 e.